The molecule has 0 unspecified atom stereocenters. The van der Waals surface area contributed by atoms with Crippen molar-refractivity contribution in [3.8, 4) is 22.6 Å². The lowest BCUT2D eigenvalue weighted by molar-refractivity contribution is 0.0516. The Balaban J connectivity index is 1.61. The molecule has 0 radical (unpaired) electrons. The van der Waals surface area contributed by atoms with E-state index in [9.17, 15) is 14.7 Å². The van der Waals surface area contributed by atoms with Crippen molar-refractivity contribution in [2.45, 2.75) is 0 Å². The zero-order valence-electron chi connectivity index (χ0n) is 15.6. The topological polar surface area (TPSA) is 120 Å². The molecule has 0 spiro atoms. The van der Waals surface area contributed by atoms with E-state index < -0.39 is 11.9 Å². The summed E-state index contributed by atoms with van der Waals surface area (Å²) in [6.07, 6.45) is 0. The van der Waals surface area contributed by atoms with Gasteiger partial charge in [0.15, 0.2) is 17.3 Å². The minimum absolute atomic E-state index is 0.0231. The van der Waals surface area contributed by atoms with E-state index in [1.54, 1.807) is 54.6 Å². The smallest absolute Gasteiger partial charge is 0.366 e. The summed E-state index contributed by atoms with van der Waals surface area (Å²) in [5.74, 6) is -0.777. The minimum Gasteiger partial charge on any atom is -0.478 e. The van der Waals surface area contributed by atoms with Crippen LogP contribution in [-0.2, 0) is 4.84 Å². The predicted octanol–water partition coefficient (Wildman–Crippen LogP) is 3.26. The molecule has 3 N–H and O–H groups in total. The number of hydrogen-bond donors (Lipinski definition) is 2. The molecule has 3 aromatic carbocycles. The van der Waals surface area contributed by atoms with Crippen molar-refractivity contribution in [3.05, 3.63) is 83.4 Å². The second-order valence-corrected chi connectivity index (χ2v) is 6.32. The van der Waals surface area contributed by atoms with Gasteiger partial charge in [-0.15, -0.1) is 0 Å². The molecule has 0 atom stereocenters. The van der Waals surface area contributed by atoms with Crippen LogP contribution >= 0.6 is 0 Å². The van der Waals surface area contributed by atoms with Gasteiger partial charge in [0.25, 0.3) is 0 Å². The van der Waals surface area contributed by atoms with Crippen LogP contribution in [0.4, 0.5) is 0 Å². The Labute approximate surface area is 171 Å². The highest BCUT2D eigenvalue weighted by Gasteiger charge is 2.19. The van der Waals surface area contributed by atoms with Crippen LogP contribution in [0.3, 0.4) is 0 Å². The number of benzene rings is 3. The Kier molecular flexibility index (Phi) is 5.04. The van der Waals surface area contributed by atoms with Gasteiger partial charge in [-0.2, -0.15) is 0 Å². The maximum Gasteiger partial charge on any atom is 0.366 e. The average Bonchev–Trinajstić information content (AvgIpc) is 3.25. The number of carbonyl (C=O) groups is 2. The van der Waals surface area contributed by atoms with Gasteiger partial charge in [0.2, 0.25) is 6.79 Å². The van der Waals surface area contributed by atoms with Gasteiger partial charge in [-0.05, 0) is 41.5 Å². The third-order valence-corrected chi connectivity index (χ3v) is 4.49. The van der Waals surface area contributed by atoms with Gasteiger partial charge in [0.05, 0.1) is 11.1 Å². The molecule has 1 aliphatic rings. The van der Waals surface area contributed by atoms with Crippen LogP contribution in [0.5, 0.6) is 11.5 Å². The second kappa shape index (κ2) is 7.96. The van der Waals surface area contributed by atoms with Gasteiger partial charge in [-0.1, -0.05) is 41.6 Å². The Morgan fingerprint density at radius 2 is 1.53 bits per heavy atom. The number of amidine groups is 1. The molecule has 150 valence electrons. The largest absolute Gasteiger partial charge is 0.478 e. The number of nitrogens with zero attached hydrogens (tertiary/aromatic N) is 1. The fourth-order valence-corrected chi connectivity index (χ4v) is 3.05. The summed E-state index contributed by atoms with van der Waals surface area (Å²) < 4.78 is 10.5. The van der Waals surface area contributed by atoms with Gasteiger partial charge in [0.1, 0.15) is 0 Å². The maximum atomic E-state index is 12.7. The summed E-state index contributed by atoms with van der Waals surface area (Å²) >= 11 is 0. The number of nitrogens with two attached hydrogens (primary N) is 1. The number of rotatable bonds is 5. The molecule has 4 rings (SSSR count). The Bertz CT molecular complexity index is 1170. The van der Waals surface area contributed by atoms with E-state index in [0.717, 1.165) is 0 Å². The number of fused-ring (bicyclic) bond motifs is 1. The van der Waals surface area contributed by atoms with Crippen LogP contribution in [0.15, 0.2) is 71.9 Å². The summed E-state index contributed by atoms with van der Waals surface area (Å²) in [5, 5.41) is 13.2. The number of carboxylic acids is 1. The first-order chi connectivity index (χ1) is 14.5. The fraction of sp³-hybridized carbons (Fsp3) is 0.0455. The molecule has 30 heavy (non-hydrogen) atoms. The molecule has 0 amide bonds. The van der Waals surface area contributed by atoms with E-state index in [4.69, 9.17) is 20.0 Å². The molecule has 0 saturated heterocycles. The van der Waals surface area contributed by atoms with Crippen LogP contribution < -0.4 is 15.2 Å². The van der Waals surface area contributed by atoms with Crippen LogP contribution in [-0.4, -0.2) is 29.7 Å². The van der Waals surface area contributed by atoms with Crippen LogP contribution in [0, 0.1) is 0 Å². The van der Waals surface area contributed by atoms with Crippen molar-refractivity contribution < 1.29 is 29.0 Å². The SMILES string of the molecule is N/C(=N\OC(=O)c1ccccc1-c1ccccc1C(=O)O)c1ccc2c(c1)OCO2. The molecule has 0 fully saturated rings. The summed E-state index contributed by atoms with van der Waals surface area (Å²) in [5.41, 5.74) is 7.46. The fourth-order valence-electron chi connectivity index (χ4n) is 3.05. The van der Waals surface area contributed by atoms with E-state index in [0.29, 0.717) is 28.2 Å². The second-order valence-electron chi connectivity index (χ2n) is 6.32. The summed E-state index contributed by atoms with van der Waals surface area (Å²) in [7, 11) is 0. The van der Waals surface area contributed by atoms with Crippen LogP contribution in [0.1, 0.15) is 26.3 Å². The van der Waals surface area contributed by atoms with Crippen LogP contribution in [0.25, 0.3) is 11.1 Å². The van der Waals surface area contributed by atoms with Crippen molar-refractivity contribution in [1.82, 2.24) is 0 Å². The van der Waals surface area contributed by atoms with Crippen molar-refractivity contribution in [2.75, 3.05) is 6.79 Å². The number of aromatic carboxylic acids is 1. The number of hydrogen-bond acceptors (Lipinski definition) is 6. The lowest BCUT2D eigenvalue weighted by Crippen LogP contribution is -2.15. The van der Waals surface area contributed by atoms with Gasteiger partial charge in [-0.3, -0.25) is 0 Å². The Hall–Kier alpha value is -4.33. The molecule has 8 heteroatoms. The highest BCUT2D eigenvalue weighted by molar-refractivity contribution is 6.03. The molecule has 0 bridgehead atoms. The summed E-state index contributed by atoms with van der Waals surface area (Å²) in [6.45, 7) is 0.124. The molecule has 1 heterocycles. The molecule has 3 aromatic rings. The van der Waals surface area contributed by atoms with E-state index in [2.05, 4.69) is 5.16 Å². The maximum absolute atomic E-state index is 12.7. The van der Waals surface area contributed by atoms with Gasteiger partial charge in [0, 0.05) is 5.56 Å². The lowest BCUT2D eigenvalue weighted by Gasteiger charge is -2.10. The van der Waals surface area contributed by atoms with Crippen LogP contribution in [0.2, 0.25) is 0 Å². The van der Waals surface area contributed by atoms with E-state index in [1.165, 1.54) is 12.1 Å². The third kappa shape index (κ3) is 3.66. The number of carboxylic acid groups (broad SMARTS) is 1. The monoisotopic (exact) mass is 404 g/mol. The van der Waals surface area contributed by atoms with Gasteiger partial charge >= 0.3 is 11.9 Å². The van der Waals surface area contributed by atoms with Crippen molar-refractivity contribution in [3.63, 3.8) is 0 Å². The lowest BCUT2D eigenvalue weighted by atomic mass is 9.95. The molecule has 8 nitrogen and oxygen atoms in total. The zero-order valence-corrected chi connectivity index (χ0v) is 15.6. The van der Waals surface area contributed by atoms with Crippen molar-refractivity contribution in [2.24, 2.45) is 10.9 Å². The highest BCUT2D eigenvalue weighted by Crippen LogP contribution is 2.32. The normalized spacial score (nSPS) is 12.5. The highest BCUT2D eigenvalue weighted by atomic mass is 16.7. The minimum atomic E-state index is -1.10. The first-order valence-electron chi connectivity index (χ1n) is 8.91. The third-order valence-electron chi connectivity index (χ3n) is 4.49. The first kappa shape index (κ1) is 19.0. The standard InChI is InChI=1S/C22H16N2O6/c23-20(13-9-10-18-19(11-13)29-12-28-18)24-30-22(27)17-8-4-2-6-15(17)14-5-1-3-7-16(14)21(25)26/h1-11H,12H2,(H2,23,24)(H,25,26). The molecule has 0 saturated carbocycles. The van der Waals surface area contributed by atoms with E-state index in [-0.39, 0.29) is 23.8 Å². The van der Waals surface area contributed by atoms with Crippen molar-refractivity contribution in [1.29, 1.82) is 0 Å². The molecule has 0 aromatic heterocycles. The number of ether oxygens (including phenoxy) is 2. The van der Waals surface area contributed by atoms with Gasteiger partial charge < -0.3 is 25.2 Å². The molecular formula is C22H16N2O6. The quantitative estimate of drug-likeness (QED) is 0.290. The molecular weight excluding hydrogens is 388 g/mol. The number of oxime groups is 1. The zero-order chi connectivity index (χ0) is 21.1. The molecule has 1 aliphatic heterocycles. The Morgan fingerprint density at radius 1 is 0.900 bits per heavy atom. The summed E-state index contributed by atoms with van der Waals surface area (Å²) in [4.78, 5) is 29.3. The predicted molar refractivity (Wildman–Crippen MR) is 108 cm³/mol. The van der Waals surface area contributed by atoms with Gasteiger partial charge in [-0.25, -0.2) is 9.59 Å². The Morgan fingerprint density at radius 3 is 2.27 bits per heavy atom. The van der Waals surface area contributed by atoms with E-state index in [1.807, 2.05) is 0 Å². The number of carbonyl (C=O) groups excluding carboxylic acids is 1. The van der Waals surface area contributed by atoms with E-state index >= 15 is 0 Å². The van der Waals surface area contributed by atoms with Crippen molar-refractivity contribution >= 4 is 17.8 Å². The summed E-state index contributed by atoms with van der Waals surface area (Å²) in [6, 6.07) is 17.9. The average molecular weight is 404 g/mol. The molecule has 0 aliphatic carbocycles. The first-order valence-corrected chi connectivity index (χ1v) is 8.91.